The first-order chi connectivity index (χ1) is 12.0. The van der Waals surface area contributed by atoms with Gasteiger partial charge in [-0.3, -0.25) is 4.79 Å². The smallest absolute Gasteiger partial charge is 0.314 e. The predicted molar refractivity (Wildman–Crippen MR) is 93.7 cm³/mol. The Morgan fingerprint density at radius 3 is 2.72 bits per heavy atom. The van der Waals surface area contributed by atoms with Gasteiger partial charge in [0, 0.05) is 37.9 Å². The fourth-order valence-electron chi connectivity index (χ4n) is 3.71. The lowest BCUT2D eigenvalue weighted by molar-refractivity contribution is -0.127. The molecule has 136 valence electrons. The van der Waals surface area contributed by atoms with Crippen LogP contribution in [-0.4, -0.2) is 49.1 Å². The maximum atomic E-state index is 13.4. The highest BCUT2D eigenvalue weighted by Gasteiger charge is 2.30. The van der Waals surface area contributed by atoms with E-state index in [1.165, 1.54) is 17.0 Å². The maximum absolute atomic E-state index is 13.4. The molecule has 6 nitrogen and oxygen atoms in total. The molecule has 3 amide bonds. The van der Waals surface area contributed by atoms with Gasteiger partial charge in [-0.15, -0.1) is 0 Å². The van der Waals surface area contributed by atoms with Gasteiger partial charge in [0.2, 0.25) is 5.91 Å². The summed E-state index contributed by atoms with van der Waals surface area (Å²) < 4.78 is 13.4. The number of nitrogens with one attached hydrogen (secondary N) is 1. The Hall–Kier alpha value is -2.31. The number of carbonyl (C=O) groups is 2. The highest BCUT2D eigenvalue weighted by atomic mass is 19.1. The second-order valence-electron chi connectivity index (χ2n) is 6.90. The number of anilines is 1. The zero-order valence-electron chi connectivity index (χ0n) is 14.3. The first-order valence-electron chi connectivity index (χ1n) is 8.88. The third-order valence-electron chi connectivity index (χ3n) is 5.04. The number of nitrogens with zero attached hydrogens (tertiary/aromatic N) is 2. The van der Waals surface area contributed by atoms with E-state index < -0.39 is 6.03 Å². The van der Waals surface area contributed by atoms with Gasteiger partial charge in [0.25, 0.3) is 0 Å². The van der Waals surface area contributed by atoms with Gasteiger partial charge in [0.1, 0.15) is 5.82 Å². The molecule has 1 aromatic rings. The molecule has 25 heavy (non-hydrogen) atoms. The summed E-state index contributed by atoms with van der Waals surface area (Å²) in [5, 5.41) is 3.11. The van der Waals surface area contributed by atoms with Gasteiger partial charge < -0.3 is 20.9 Å². The standard InChI is InChI=1S/C18H25FN4O2/c19-14-5-1-7-16(10-14)22-8-3-6-15(12-22)21-17(24)13-4-2-9-23(11-13)18(20)25/h1,5,7,10,13,15H,2-4,6,8-9,11-12H2,(H2,20,25)(H,21,24)/t13-,15-/m1/s1. The molecule has 2 aliphatic rings. The number of hydrogen-bond donors (Lipinski definition) is 2. The number of halogens is 1. The molecule has 7 heteroatoms. The normalized spacial score (nSPS) is 24.0. The van der Waals surface area contributed by atoms with E-state index in [0.717, 1.165) is 37.9 Å². The number of nitrogens with two attached hydrogens (primary N) is 1. The van der Waals surface area contributed by atoms with E-state index in [-0.39, 0.29) is 23.7 Å². The van der Waals surface area contributed by atoms with Gasteiger partial charge in [-0.05, 0) is 43.9 Å². The molecule has 0 radical (unpaired) electrons. The summed E-state index contributed by atoms with van der Waals surface area (Å²) in [5.74, 6) is -0.472. The predicted octanol–water partition coefficient (Wildman–Crippen LogP) is 1.70. The highest BCUT2D eigenvalue weighted by Crippen LogP contribution is 2.22. The van der Waals surface area contributed by atoms with Crippen molar-refractivity contribution in [1.29, 1.82) is 0 Å². The van der Waals surface area contributed by atoms with Crippen molar-refractivity contribution in [3.63, 3.8) is 0 Å². The van der Waals surface area contributed by atoms with E-state index >= 15 is 0 Å². The number of piperidine rings is 2. The van der Waals surface area contributed by atoms with Crippen LogP contribution in [0.4, 0.5) is 14.9 Å². The number of carbonyl (C=O) groups excluding carboxylic acids is 2. The molecular formula is C18H25FN4O2. The zero-order chi connectivity index (χ0) is 17.8. The molecule has 2 saturated heterocycles. The monoisotopic (exact) mass is 348 g/mol. The van der Waals surface area contributed by atoms with Gasteiger partial charge >= 0.3 is 6.03 Å². The van der Waals surface area contributed by atoms with E-state index in [1.54, 1.807) is 6.07 Å². The van der Waals surface area contributed by atoms with Gasteiger partial charge in [-0.2, -0.15) is 0 Å². The minimum Gasteiger partial charge on any atom is -0.369 e. The molecule has 1 aromatic carbocycles. The van der Waals surface area contributed by atoms with Crippen LogP contribution in [0.2, 0.25) is 0 Å². The number of rotatable bonds is 3. The van der Waals surface area contributed by atoms with Crippen molar-refractivity contribution in [3.05, 3.63) is 30.1 Å². The summed E-state index contributed by atoms with van der Waals surface area (Å²) in [5.41, 5.74) is 6.17. The molecule has 0 aromatic heterocycles. The van der Waals surface area contributed by atoms with Crippen LogP contribution in [0.25, 0.3) is 0 Å². The molecule has 0 spiro atoms. The van der Waals surface area contributed by atoms with E-state index in [4.69, 9.17) is 5.73 Å². The minimum atomic E-state index is -0.465. The molecule has 2 heterocycles. The Labute approximate surface area is 147 Å². The Kier molecular flexibility index (Phi) is 5.40. The van der Waals surface area contributed by atoms with E-state index in [0.29, 0.717) is 19.6 Å². The quantitative estimate of drug-likeness (QED) is 0.873. The number of likely N-dealkylation sites (tertiary alicyclic amines) is 1. The van der Waals surface area contributed by atoms with Crippen LogP contribution in [0.3, 0.4) is 0 Å². The van der Waals surface area contributed by atoms with Crippen molar-refractivity contribution in [2.45, 2.75) is 31.7 Å². The fraction of sp³-hybridized carbons (Fsp3) is 0.556. The third-order valence-corrected chi connectivity index (χ3v) is 5.04. The average molecular weight is 348 g/mol. The minimum absolute atomic E-state index is 0.0166. The Morgan fingerprint density at radius 1 is 1.16 bits per heavy atom. The van der Waals surface area contributed by atoms with E-state index in [2.05, 4.69) is 10.2 Å². The third kappa shape index (κ3) is 4.41. The SMILES string of the molecule is NC(=O)N1CCC[C@@H](C(=O)N[C@@H]2CCCN(c3cccc(F)c3)C2)C1. The van der Waals surface area contributed by atoms with Crippen LogP contribution in [-0.2, 0) is 4.79 Å². The molecule has 2 atom stereocenters. The first-order valence-corrected chi connectivity index (χ1v) is 8.88. The Morgan fingerprint density at radius 2 is 1.96 bits per heavy atom. The topological polar surface area (TPSA) is 78.7 Å². The molecule has 2 aliphatic heterocycles. The van der Waals surface area contributed by atoms with Crippen molar-refractivity contribution >= 4 is 17.6 Å². The van der Waals surface area contributed by atoms with Crippen LogP contribution in [0.1, 0.15) is 25.7 Å². The van der Waals surface area contributed by atoms with Crippen molar-refractivity contribution in [1.82, 2.24) is 10.2 Å². The summed E-state index contributed by atoms with van der Waals surface area (Å²) in [7, 11) is 0. The summed E-state index contributed by atoms with van der Waals surface area (Å²) in [4.78, 5) is 27.5. The Bertz CT molecular complexity index is 639. The molecule has 0 unspecified atom stereocenters. The Balaban J connectivity index is 1.57. The molecule has 3 N–H and O–H groups in total. The molecule has 3 rings (SSSR count). The largest absolute Gasteiger partial charge is 0.369 e. The lowest BCUT2D eigenvalue weighted by Crippen LogP contribution is -2.52. The average Bonchev–Trinajstić information content (AvgIpc) is 2.62. The fourth-order valence-corrected chi connectivity index (χ4v) is 3.71. The first kappa shape index (κ1) is 17.5. The molecule has 0 saturated carbocycles. The van der Waals surface area contributed by atoms with Crippen molar-refractivity contribution in [2.75, 3.05) is 31.1 Å². The van der Waals surface area contributed by atoms with Gasteiger partial charge in [-0.25, -0.2) is 9.18 Å². The second-order valence-corrected chi connectivity index (χ2v) is 6.90. The van der Waals surface area contributed by atoms with Gasteiger partial charge in [-0.1, -0.05) is 6.07 Å². The second kappa shape index (κ2) is 7.72. The summed E-state index contributed by atoms with van der Waals surface area (Å²) in [6.07, 6.45) is 3.42. The lowest BCUT2D eigenvalue weighted by atomic mass is 9.96. The van der Waals surface area contributed by atoms with E-state index in [1.807, 2.05) is 6.07 Å². The zero-order valence-corrected chi connectivity index (χ0v) is 14.3. The highest BCUT2D eigenvalue weighted by molar-refractivity contribution is 5.80. The van der Waals surface area contributed by atoms with Crippen molar-refractivity contribution in [3.8, 4) is 0 Å². The summed E-state index contributed by atoms with van der Waals surface area (Å²) in [6.45, 7) is 2.54. The van der Waals surface area contributed by atoms with Crippen LogP contribution in [0.15, 0.2) is 24.3 Å². The van der Waals surface area contributed by atoms with Gasteiger partial charge in [0.05, 0.1) is 5.92 Å². The number of amides is 3. The lowest BCUT2D eigenvalue weighted by Gasteiger charge is -2.36. The maximum Gasteiger partial charge on any atom is 0.314 e. The van der Waals surface area contributed by atoms with Crippen LogP contribution in [0, 0.1) is 11.7 Å². The van der Waals surface area contributed by atoms with Crippen LogP contribution < -0.4 is 16.0 Å². The van der Waals surface area contributed by atoms with Crippen LogP contribution in [0.5, 0.6) is 0 Å². The number of primary amides is 1. The van der Waals surface area contributed by atoms with Crippen molar-refractivity contribution in [2.24, 2.45) is 11.7 Å². The summed E-state index contributed by atoms with van der Waals surface area (Å²) >= 11 is 0. The van der Waals surface area contributed by atoms with Crippen molar-refractivity contribution < 1.29 is 14.0 Å². The summed E-state index contributed by atoms with van der Waals surface area (Å²) in [6, 6.07) is 6.11. The molecular weight excluding hydrogens is 323 g/mol. The van der Waals surface area contributed by atoms with Gasteiger partial charge in [0.15, 0.2) is 0 Å². The van der Waals surface area contributed by atoms with E-state index in [9.17, 15) is 14.0 Å². The molecule has 0 bridgehead atoms. The molecule has 2 fully saturated rings. The number of urea groups is 1. The number of benzene rings is 1. The van der Waals surface area contributed by atoms with Crippen LogP contribution >= 0.6 is 0 Å². The number of hydrogen-bond acceptors (Lipinski definition) is 3. The molecule has 0 aliphatic carbocycles.